The van der Waals surface area contributed by atoms with Gasteiger partial charge < -0.3 is 5.73 Å². The Bertz CT molecular complexity index is 37.2. The zero-order chi connectivity index (χ0) is 6.28. The molecule has 0 saturated heterocycles. The Morgan fingerprint density at radius 1 is 1.43 bits per heavy atom. The van der Waals surface area contributed by atoms with E-state index >= 15 is 0 Å². The van der Waals surface area contributed by atoms with Crippen molar-refractivity contribution in [3.8, 4) is 0 Å². The quantitative estimate of drug-likeness (QED) is 0.181. The normalized spacial score (nSPS) is 6.86. The Kier molecular flexibility index (Phi) is 20.0. The Hall–Kier alpha value is 2.58. The van der Waals surface area contributed by atoms with E-state index in [0.717, 1.165) is 6.34 Å². The van der Waals surface area contributed by atoms with Crippen LogP contribution in [0.15, 0.2) is 0 Å². The molecule has 0 saturated carbocycles. The van der Waals surface area contributed by atoms with Crippen LogP contribution in [-0.4, -0.2) is 16.2 Å². The van der Waals surface area contributed by atoms with Crippen molar-refractivity contribution in [1.29, 1.82) is 5.41 Å². The van der Waals surface area contributed by atoms with Crippen LogP contribution in [-0.2, 0) is 0 Å². The number of hydrogen-bond acceptors (Lipinski definition) is 1. The van der Waals surface area contributed by atoms with Gasteiger partial charge in [-0.25, -0.2) is 0 Å². The fourth-order valence-corrected chi connectivity index (χ4v) is 0. The summed E-state index contributed by atoms with van der Waals surface area (Å²) in [6.45, 7) is 0. The van der Waals surface area contributed by atoms with Crippen molar-refractivity contribution in [3.63, 3.8) is 0 Å². The van der Waals surface area contributed by atoms with Gasteiger partial charge in [0, 0.05) is 0 Å². The second kappa shape index (κ2) is 11.4. The summed E-state index contributed by atoms with van der Waals surface area (Å²) >= 11 is 7.62. The van der Waals surface area contributed by atoms with E-state index in [2.05, 4.69) is 59.0 Å². The molecule has 0 aromatic rings. The average molecular weight is 633 g/mol. The summed E-state index contributed by atoms with van der Waals surface area (Å²) < 4.78 is 0. The summed E-state index contributed by atoms with van der Waals surface area (Å²) in [5.74, 6) is 0. The monoisotopic (exact) mass is 634 g/mol. The zero-order valence-electron chi connectivity index (χ0n) is 3.37. The van der Waals surface area contributed by atoms with Crippen molar-refractivity contribution in [2.45, 2.75) is 0 Å². The molecule has 0 aromatic heterocycles. The van der Waals surface area contributed by atoms with Crippen molar-refractivity contribution in [2.24, 2.45) is 5.73 Å². The van der Waals surface area contributed by atoms with Gasteiger partial charge in [-0.1, -0.05) is 0 Å². The molecule has 0 heterocycles. The molecule has 0 bridgehead atoms. The number of hydrogen-bond donors (Lipinski definition) is 2. The third kappa shape index (κ3) is 55.8. The van der Waals surface area contributed by atoms with Gasteiger partial charge in [-0.15, -0.1) is 0 Å². The van der Waals surface area contributed by atoms with Gasteiger partial charge in [0.05, 0.1) is 6.34 Å². The van der Waals surface area contributed by atoms with Crippen LogP contribution in [0.25, 0.3) is 0 Å². The first-order valence-electron chi connectivity index (χ1n) is 1.28. The predicted molar refractivity (Wildman–Crippen MR) is 62.2 cm³/mol. The number of halogens is 3. The third-order valence-electron chi connectivity index (χ3n) is 0. The molecule has 0 aliphatic carbocycles. The molecule has 44 valence electrons. The van der Waals surface area contributed by atoms with E-state index in [0.29, 0.717) is 0 Å². The van der Waals surface area contributed by atoms with Crippen molar-refractivity contribution in [1.82, 2.24) is 0 Å². The van der Waals surface area contributed by atoms with Gasteiger partial charge in [0.25, 0.3) is 0 Å². The van der Waals surface area contributed by atoms with Crippen LogP contribution >= 0.6 is 53.3 Å². The minimum atomic E-state index is -0.812. The van der Waals surface area contributed by atoms with Gasteiger partial charge in [-0.05, 0) is 0 Å². The molecular formula is CH5I3N2Pb. The first kappa shape index (κ1) is 12.3. The maximum absolute atomic E-state index is 5.86. The fraction of sp³-hybridized carbons (Fsp3) is 0. The molecule has 0 spiro atoms. The first-order chi connectivity index (χ1) is 3.15. The molecule has 0 aliphatic heterocycles. The van der Waals surface area contributed by atoms with Gasteiger partial charge in [0.2, 0.25) is 0 Å². The molecule has 0 aromatic carbocycles. The number of nitrogens with two attached hydrogens (primary N) is 1. The molecule has 7 heavy (non-hydrogen) atoms. The van der Waals surface area contributed by atoms with Crippen LogP contribution in [0.5, 0.6) is 0 Å². The van der Waals surface area contributed by atoms with Crippen LogP contribution in [0.2, 0.25) is 0 Å². The molecule has 0 unspecified atom stereocenters. The zero-order valence-corrected chi connectivity index (χ0v) is 14.3. The molecule has 0 fully saturated rings. The average Bonchev–Trinajstić information content (AvgIpc) is 1.33. The summed E-state index contributed by atoms with van der Waals surface area (Å²) in [5, 5.41) is 5.86. The molecule has 0 radical (unpaired) electrons. The molecule has 0 aliphatic rings. The van der Waals surface area contributed by atoms with E-state index in [1.54, 1.807) is 0 Å². The Morgan fingerprint density at radius 2 is 1.43 bits per heavy atom. The first-order valence-corrected chi connectivity index (χ1v) is 39.2. The third-order valence-corrected chi connectivity index (χ3v) is 0. The maximum atomic E-state index is 5.86. The topological polar surface area (TPSA) is 49.9 Å². The Balaban J connectivity index is 0. The summed E-state index contributed by atoms with van der Waals surface area (Å²) in [5.41, 5.74) is 4.39. The fourth-order valence-electron chi connectivity index (χ4n) is 0. The summed E-state index contributed by atoms with van der Waals surface area (Å²) in [6, 6.07) is 0. The molecule has 2 nitrogen and oxygen atoms in total. The van der Waals surface area contributed by atoms with E-state index in [9.17, 15) is 0 Å². The number of nitrogens with one attached hydrogen (secondary N) is 1. The summed E-state index contributed by atoms with van der Waals surface area (Å²) in [7, 11) is -0.812. The molecular weight excluding hydrogens is 628 g/mol. The van der Waals surface area contributed by atoms with Crippen LogP contribution in [0.4, 0.5) is 0 Å². The Labute approximate surface area is 78.4 Å². The summed E-state index contributed by atoms with van der Waals surface area (Å²) in [4.78, 5) is 0. The van der Waals surface area contributed by atoms with Crippen LogP contribution in [0.3, 0.4) is 0 Å². The van der Waals surface area contributed by atoms with Crippen LogP contribution in [0.1, 0.15) is 0 Å². The second-order valence-corrected chi connectivity index (χ2v) is 97.9. The van der Waals surface area contributed by atoms with E-state index in [1.165, 1.54) is 0 Å². The van der Waals surface area contributed by atoms with E-state index < -0.39 is 9.82 Å². The molecule has 3 N–H and O–H groups in total. The van der Waals surface area contributed by atoms with Crippen molar-refractivity contribution < 1.29 is 0 Å². The second-order valence-electron chi connectivity index (χ2n) is 0.414. The molecule has 0 rings (SSSR count). The summed E-state index contributed by atoms with van der Waals surface area (Å²) in [6.07, 6.45) is 0.750. The van der Waals surface area contributed by atoms with Crippen LogP contribution < -0.4 is 5.73 Å². The number of rotatable bonds is 0. The van der Waals surface area contributed by atoms with Gasteiger partial charge in [0.15, 0.2) is 0 Å². The van der Waals surface area contributed by atoms with Crippen LogP contribution in [0, 0.1) is 5.41 Å². The van der Waals surface area contributed by atoms with Crippen molar-refractivity contribution in [3.05, 3.63) is 0 Å². The van der Waals surface area contributed by atoms with Crippen molar-refractivity contribution >= 4 is 69.4 Å². The minimum absolute atomic E-state index is 0.750. The predicted octanol–water partition coefficient (Wildman–Crippen LogP) is 1.56. The van der Waals surface area contributed by atoms with E-state index in [-0.39, 0.29) is 0 Å². The Morgan fingerprint density at radius 3 is 1.43 bits per heavy atom. The van der Waals surface area contributed by atoms with Gasteiger partial charge >= 0.3 is 63.1 Å². The molecule has 0 atom stereocenters. The van der Waals surface area contributed by atoms with E-state index in [1.807, 2.05) is 0 Å². The molecule has 0 amide bonds. The van der Waals surface area contributed by atoms with Crippen molar-refractivity contribution in [2.75, 3.05) is 0 Å². The van der Waals surface area contributed by atoms with Gasteiger partial charge in [-0.2, -0.15) is 0 Å². The van der Waals surface area contributed by atoms with E-state index in [4.69, 9.17) is 5.41 Å². The van der Waals surface area contributed by atoms with Gasteiger partial charge in [-0.3, -0.25) is 5.41 Å². The van der Waals surface area contributed by atoms with Gasteiger partial charge in [0.1, 0.15) is 0 Å². The molecule has 6 heteroatoms. The SMILES string of the molecule is N=CN.[I][PbH]([I])[I]. The standard InChI is InChI=1S/CH4N2.3HI.Pb.H/c2-1-3;;;;;/h1H,(H3,2,3);3*1H;;/q;;;;+3;/p-3.